The number of carbonyl (C=O) groups is 1. The van der Waals surface area contributed by atoms with Gasteiger partial charge < -0.3 is 9.84 Å². The molecule has 102 valence electrons. The van der Waals surface area contributed by atoms with Gasteiger partial charge in [-0.1, -0.05) is 39.5 Å². The molecule has 0 aromatic rings. The second-order valence-electron chi connectivity index (χ2n) is 5.18. The van der Waals surface area contributed by atoms with Crippen LogP contribution in [0, 0.1) is 5.92 Å². The summed E-state index contributed by atoms with van der Waals surface area (Å²) in [5.74, 6) is 0.385. The van der Waals surface area contributed by atoms with Gasteiger partial charge in [-0.3, -0.25) is 4.79 Å². The molecule has 0 heterocycles. The fraction of sp³-hybridized carbons (Fsp3) is 0.929. The number of aliphatic hydroxyl groups excluding tert-OH is 1. The van der Waals surface area contributed by atoms with Crippen LogP contribution in [0.3, 0.4) is 0 Å². The lowest BCUT2D eigenvalue weighted by atomic mass is 10.0. The lowest BCUT2D eigenvalue weighted by Crippen LogP contribution is -2.09. The quantitative estimate of drug-likeness (QED) is 0.474. The van der Waals surface area contributed by atoms with Crippen molar-refractivity contribution < 1.29 is 14.6 Å². The van der Waals surface area contributed by atoms with Gasteiger partial charge in [0.1, 0.15) is 0 Å². The number of unbranched alkanes of at least 4 members (excludes halogenated alkanes) is 4. The van der Waals surface area contributed by atoms with Gasteiger partial charge in [-0.05, 0) is 25.2 Å². The molecule has 0 bridgehead atoms. The number of ether oxygens (including phenoxy) is 1. The second kappa shape index (κ2) is 10.6. The lowest BCUT2D eigenvalue weighted by Gasteiger charge is -2.12. The fourth-order valence-corrected chi connectivity index (χ4v) is 1.89. The first-order chi connectivity index (χ1) is 8.02. The van der Waals surface area contributed by atoms with Crippen LogP contribution < -0.4 is 0 Å². The maximum absolute atomic E-state index is 10.5. The molecule has 3 nitrogen and oxygen atoms in total. The largest absolute Gasteiger partial charge is 0.466 e. The minimum absolute atomic E-state index is 0.129. The molecule has 0 aliphatic heterocycles. The Morgan fingerprint density at radius 2 is 1.71 bits per heavy atom. The minimum Gasteiger partial charge on any atom is -0.466 e. The first-order valence-electron chi connectivity index (χ1n) is 6.83. The third-order valence-corrected chi connectivity index (χ3v) is 2.73. The van der Waals surface area contributed by atoms with Gasteiger partial charge in [0.2, 0.25) is 0 Å². The van der Waals surface area contributed by atoms with E-state index < -0.39 is 0 Å². The number of rotatable bonds is 10. The number of esters is 1. The molecule has 0 spiro atoms. The summed E-state index contributed by atoms with van der Waals surface area (Å²) in [7, 11) is 0. The number of hydrogen-bond acceptors (Lipinski definition) is 3. The molecule has 0 rings (SSSR count). The van der Waals surface area contributed by atoms with Crippen LogP contribution in [0.15, 0.2) is 0 Å². The SMILES string of the molecule is CC(=O)OCCCCCCCC(O)CC(C)C. The van der Waals surface area contributed by atoms with Crippen molar-refractivity contribution in [3.63, 3.8) is 0 Å². The van der Waals surface area contributed by atoms with Crippen LogP contribution >= 0.6 is 0 Å². The maximum atomic E-state index is 10.5. The summed E-state index contributed by atoms with van der Waals surface area (Å²) in [5.41, 5.74) is 0. The number of hydrogen-bond donors (Lipinski definition) is 1. The van der Waals surface area contributed by atoms with Crippen molar-refractivity contribution in [3.8, 4) is 0 Å². The third kappa shape index (κ3) is 13.4. The molecule has 0 aromatic carbocycles. The molecule has 0 fully saturated rings. The number of aliphatic hydroxyl groups is 1. The highest BCUT2D eigenvalue weighted by Crippen LogP contribution is 2.12. The average molecular weight is 244 g/mol. The van der Waals surface area contributed by atoms with Crippen molar-refractivity contribution in [1.82, 2.24) is 0 Å². The van der Waals surface area contributed by atoms with E-state index in [0.717, 1.165) is 44.9 Å². The Morgan fingerprint density at radius 3 is 2.29 bits per heavy atom. The van der Waals surface area contributed by atoms with Gasteiger partial charge >= 0.3 is 5.97 Å². The standard InChI is InChI=1S/C14H28O3/c1-12(2)11-14(16)9-7-5-4-6-8-10-17-13(3)15/h12,14,16H,4-11H2,1-3H3. The Balaban J connectivity index is 3.15. The van der Waals surface area contributed by atoms with Crippen LogP contribution in [0.1, 0.15) is 65.7 Å². The summed E-state index contributed by atoms with van der Waals surface area (Å²) in [6.45, 7) is 6.26. The van der Waals surface area contributed by atoms with Gasteiger partial charge in [0, 0.05) is 6.92 Å². The highest BCUT2D eigenvalue weighted by Gasteiger charge is 2.05. The topological polar surface area (TPSA) is 46.5 Å². The Morgan fingerprint density at radius 1 is 1.12 bits per heavy atom. The molecule has 17 heavy (non-hydrogen) atoms. The number of carbonyl (C=O) groups excluding carboxylic acids is 1. The van der Waals surface area contributed by atoms with E-state index in [1.54, 1.807) is 0 Å². The monoisotopic (exact) mass is 244 g/mol. The lowest BCUT2D eigenvalue weighted by molar-refractivity contribution is -0.141. The highest BCUT2D eigenvalue weighted by molar-refractivity contribution is 5.65. The van der Waals surface area contributed by atoms with Crippen LogP contribution in [0.2, 0.25) is 0 Å². The summed E-state index contributed by atoms with van der Waals surface area (Å²) >= 11 is 0. The average Bonchev–Trinajstić information content (AvgIpc) is 2.20. The molecule has 0 saturated carbocycles. The predicted molar refractivity (Wildman–Crippen MR) is 69.8 cm³/mol. The summed E-state index contributed by atoms with van der Waals surface area (Å²) in [4.78, 5) is 10.5. The van der Waals surface area contributed by atoms with Crippen molar-refractivity contribution >= 4 is 5.97 Å². The van der Waals surface area contributed by atoms with Crippen LogP contribution in [-0.4, -0.2) is 23.8 Å². The van der Waals surface area contributed by atoms with Crippen LogP contribution in [0.4, 0.5) is 0 Å². The maximum Gasteiger partial charge on any atom is 0.302 e. The van der Waals surface area contributed by atoms with Crippen molar-refractivity contribution in [1.29, 1.82) is 0 Å². The zero-order valence-electron chi connectivity index (χ0n) is 11.6. The van der Waals surface area contributed by atoms with Crippen molar-refractivity contribution in [3.05, 3.63) is 0 Å². The Labute approximate surface area is 106 Å². The molecule has 0 amide bonds. The molecule has 0 radical (unpaired) electrons. The van der Waals surface area contributed by atoms with Crippen LogP contribution in [-0.2, 0) is 9.53 Å². The van der Waals surface area contributed by atoms with E-state index >= 15 is 0 Å². The molecular weight excluding hydrogens is 216 g/mol. The zero-order chi connectivity index (χ0) is 13.1. The molecule has 3 heteroatoms. The van der Waals surface area contributed by atoms with Gasteiger partial charge in [0.05, 0.1) is 12.7 Å². The van der Waals surface area contributed by atoms with Crippen molar-refractivity contribution in [2.75, 3.05) is 6.61 Å². The van der Waals surface area contributed by atoms with E-state index in [4.69, 9.17) is 4.74 Å². The molecular formula is C14H28O3. The Kier molecular flexibility index (Phi) is 10.2. The van der Waals surface area contributed by atoms with Crippen molar-refractivity contribution in [2.45, 2.75) is 71.8 Å². The molecule has 0 aliphatic carbocycles. The van der Waals surface area contributed by atoms with Gasteiger partial charge in [-0.2, -0.15) is 0 Å². The van der Waals surface area contributed by atoms with Crippen LogP contribution in [0.5, 0.6) is 0 Å². The van der Waals surface area contributed by atoms with E-state index in [2.05, 4.69) is 13.8 Å². The Bertz CT molecular complexity index is 190. The molecule has 0 saturated heterocycles. The second-order valence-corrected chi connectivity index (χ2v) is 5.18. The van der Waals surface area contributed by atoms with Crippen LogP contribution in [0.25, 0.3) is 0 Å². The summed E-state index contributed by atoms with van der Waals surface area (Å²) in [5, 5.41) is 9.66. The first-order valence-corrected chi connectivity index (χ1v) is 6.83. The highest BCUT2D eigenvalue weighted by atomic mass is 16.5. The van der Waals surface area contributed by atoms with Gasteiger partial charge in [0.25, 0.3) is 0 Å². The first kappa shape index (κ1) is 16.4. The van der Waals surface area contributed by atoms with E-state index in [9.17, 15) is 9.90 Å². The zero-order valence-corrected chi connectivity index (χ0v) is 11.6. The van der Waals surface area contributed by atoms with E-state index in [-0.39, 0.29) is 12.1 Å². The van der Waals surface area contributed by atoms with Gasteiger partial charge in [0.15, 0.2) is 0 Å². The van der Waals surface area contributed by atoms with E-state index in [1.807, 2.05) is 0 Å². The van der Waals surface area contributed by atoms with E-state index in [0.29, 0.717) is 12.5 Å². The molecule has 1 N–H and O–H groups in total. The predicted octanol–water partition coefficient (Wildman–Crippen LogP) is 3.30. The smallest absolute Gasteiger partial charge is 0.302 e. The molecule has 0 aliphatic rings. The fourth-order valence-electron chi connectivity index (χ4n) is 1.89. The normalized spacial score (nSPS) is 12.8. The Hall–Kier alpha value is -0.570. The summed E-state index contributed by atoms with van der Waals surface area (Å²) in [6, 6.07) is 0. The molecule has 1 atom stereocenters. The third-order valence-electron chi connectivity index (χ3n) is 2.73. The molecule has 0 aromatic heterocycles. The summed E-state index contributed by atoms with van der Waals surface area (Å²) in [6.07, 6.45) is 7.18. The van der Waals surface area contributed by atoms with Crippen molar-refractivity contribution in [2.24, 2.45) is 5.92 Å². The van der Waals surface area contributed by atoms with E-state index in [1.165, 1.54) is 6.92 Å². The summed E-state index contributed by atoms with van der Waals surface area (Å²) < 4.78 is 4.85. The van der Waals surface area contributed by atoms with Gasteiger partial charge in [-0.25, -0.2) is 0 Å². The van der Waals surface area contributed by atoms with Gasteiger partial charge in [-0.15, -0.1) is 0 Å². The minimum atomic E-state index is -0.193. The molecule has 1 unspecified atom stereocenters.